The minimum Gasteiger partial charge on any atom is -0.483 e. The highest BCUT2D eigenvalue weighted by molar-refractivity contribution is 8.00. The molecular weight excluding hydrogens is 706 g/mol. The Morgan fingerprint density at radius 1 is 1.00 bits per heavy atom. The number of ether oxygens (including phenoxy) is 1. The summed E-state index contributed by atoms with van der Waals surface area (Å²) in [4.78, 5) is 57.5. The van der Waals surface area contributed by atoms with E-state index in [4.69, 9.17) is 16.3 Å². The monoisotopic (exact) mass is 729 g/mol. The van der Waals surface area contributed by atoms with Gasteiger partial charge in [-0.1, -0.05) is 35.1 Å². The van der Waals surface area contributed by atoms with Crippen LogP contribution in [0.4, 0.5) is 28.9 Å². The molecule has 49 heavy (non-hydrogen) atoms. The number of alkyl halides is 3. The molecule has 252 valence electrons. The number of benzene rings is 3. The second-order valence-corrected chi connectivity index (χ2v) is 15.2. The lowest BCUT2D eigenvalue weighted by molar-refractivity contribution is -0.137. The maximum absolute atomic E-state index is 14.1. The summed E-state index contributed by atoms with van der Waals surface area (Å²) in [6.07, 6.45) is -4.27. The van der Waals surface area contributed by atoms with Crippen LogP contribution in [0.1, 0.15) is 28.3 Å². The van der Waals surface area contributed by atoms with Gasteiger partial charge in [-0.2, -0.15) is 13.2 Å². The molecule has 4 unspecified atom stereocenters. The number of para-hydroxylation sites is 1. The fourth-order valence-electron chi connectivity index (χ4n) is 8.28. The van der Waals surface area contributed by atoms with E-state index < -0.39 is 71.2 Å². The largest absolute Gasteiger partial charge is 0.483 e. The van der Waals surface area contributed by atoms with Crippen molar-refractivity contribution in [2.75, 3.05) is 16.8 Å². The van der Waals surface area contributed by atoms with E-state index in [0.717, 1.165) is 28.4 Å². The highest BCUT2D eigenvalue weighted by atomic mass is 35.5. The predicted octanol–water partition coefficient (Wildman–Crippen LogP) is 6.94. The van der Waals surface area contributed by atoms with Gasteiger partial charge in [0.2, 0.25) is 11.8 Å². The summed E-state index contributed by atoms with van der Waals surface area (Å²) < 4.78 is 61.4. The lowest BCUT2D eigenvalue weighted by Gasteiger charge is -2.43. The number of thiazole rings is 1. The number of rotatable bonds is 6. The van der Waals surface area contributed by atoms with Gasteiger partial charge in [0.05, 0.1) is 28.1 Å². The zero-order chi connectivity index (χ0) is 34.4. The zero-order valence-electron chi connectivity index (χ0n) is 25.0. The van der Waals surface area contributed by atoms with E-state index in [1.165, 1.54) is 48.2 Å². The predicted molar refractivity (Wildman–Crippen MR) is 174 cm³/mol. The Bertz CT molecular complexity index is 2090. The number of nitrogens with zero attached hydrogens (tertiary/aromatic N) is 1. The van der Waals surface area contributed by atoms with Crippen LogP contribution in [0.3, 0.4) is 0 Å². The van der Waals surface area contributed by atoms with Crippen LogP contribution < -0.4 is 19.8 Å². The van der Waals surface area contributed by atoms with Crippen LogP contribution in [0.5, 0.6) is 5.75 Å². The molecule has 3 amide bonds. The van der Waals surface area contributed by atoms with E-state index >= 15 is 0 Å². The van der Waals surface area contributed by atoms with Gasteiger partial charge in [-0.3, -0.25) is 19.2 Å². The first-order valence-corrected chi connectivity index (χ1v) is 17.4. The van der Waals surface area contributed by atoms with Crippen LogP contribution >= 0.6 is 34.7 Å². The normalized spacial score (nSPS) is 26.8. The Morgan fingerprint density at radius 2 is 1.71 bits per heavy atom. The Hall–Kier alpha value is -4.14. The standard InChI is InChI=1S/C34H24ClF4N3O5S2/c35-14-5-10-22(47-13-23(43)40-16-8-6-15(36)7-9-16)17(11-14)24-25-18-12-19(28(25)48-30-29(24)49-33(46)41-30)27-26(18)31(44)42(32(27)45)21-4-2-1-3-20(21)34(37,38)39/h1-11,18-19,24-28H,12-13H2,(H,40,43)(H,41,46)/t18-,19-,24-,25?,26?,27?,28?/m1/s1. The summed E-state index contributed by atoms with van der Waals surface area (Å²) in [6.45, 7) is -0.408. The van der Waals surface area contributed by atoms with Gasteiger partial charge in [0.1, 0.15) is 11.6 Å². The molecule has 0 spiro atoms. The van der Waals surface area contributed by atoms with Crippen LogP contribution in [-0.2, 0) is 20.6 Å². The van der Waals surface area contributed by atoms with Gasteiger partial charge in [0, 0.05) is 32.3 Å². The number of hydrogen-bond donors (Lipinski definition) is 2. The summed E-state index contributed by atoms with van der Waals surface area (Å²) in [5.74, 6) is -5.16. The van der Waals surface area contributed by atoms with Gasteiger partial charge < -0.3 is 15.0 Å². The van der Waals surface area contributed by atoms with E-state index in [2.05, 4.69) is 10.3 Å². The van der Waals surface area contributed by atoms with Crippen molar-refractivity contribution in [1.29, 1.82) is 0 Å². The molecule has 3 fully saturated rings. The molecule has 1 aromatic heterocycles. The number of carbonyl (C=O) groups is 3. The van der Waals surface area contributed by atoms with Crippen molar-refractivity contribution in [3.05, 3.63) is 103 Å². The minimum absolute atomic E-state index is 0.253. The van der Waals surface area contributed by atoms with E-state index in [1.807, 2.05) is 0 Å². The summed E-state index contributed by atoms with van der Waals surface area (Å²) in [6, 6.07) is 14.7. The molecular formula is C34H24ClF4N3O5S2. The third-order valence-corrected chi connectivity index (χ3v) is 12.8. The fourth-order valence-corrected chi connectivity index (χ4v) is 11.3. The van der Waals surface area contributed by atoms with Crippen molar-refractivity contribution in [2.24, 2.45) is 29.6 Å². The first kappa shape index (κ1) is 32.1. The maximum atomic E-state index is 14.1. The third-order valence-electron chi connectivity index (χ3n) is 9.97. The molecule has 2 bridgehead atoms. The molecule has 2 aliphatic heterocycles. The molecule has 7 atom stereocenters. The van der Waals surface area contributed by atoms with Gasteiger partial charge in [0.15, 0.2) is 6.61 Å². The Labute approximate surface area is 288 Å². The lowest BCUT2D eigenvalue weighted by Crippen LogP contribution is -2.42. The topological polar surface area (TPSA) is 109 Å². The quantitative estimate of drug-likeness (QED) is 0.165. The molecule has 4 aliphatic rings. The van der Waals surface area contributed by atoms with Gasteiger partial charge >= 0.3 is 11.0 Å². The smallest absolute Gasteiger partial charge is 0.418 e. The fraction of sp³-hybridized carbons (Fsp3) is 0.294. The number of anilines is 2. The SMILES string of the molecule is O=C(COc1ccc(Cl)cc1[C@H]1c2sc(=O)[nH]c2SC2C1[C@H]1C[C@@H]2C2C(=O)N(c3ccccc3C(F)(F)F)C(=O)C21)Nc1ccc(F)cc1. The van der Waals surface area contributed by atoms with E-state index in [9.17, 15) is 36.7 Å². The van der Waals surface area contributed by atoms with Crippen molar-refractivity contribution in [2.45, 2.75) is 28.8 Å². The van der Waals surface area contributed by atoms with E-state index in [0.29, 0.717) is 38.3 Å². The van der Waals surface area contributed by atoms with Crippen LogP contribution in [0.15, 0.2) is 76.6 Å². The van der Waals surface area contributed by atoms with E-state index in [-0.39, 0.29) is 22.0 Å². The minimum atomic E-state index is -4.78. The second kappa shape index (κ2) is 11.7. The van der Waals surface area contributed by atoms with Crippen molar-refractivity contribution in [3.63, 3.8) is 0 Å². The van der Waals surface area contributed by atoms with Gasteiger partial charge in [-0.25, -0.2) is 9.29 Å². The van der Waals surface area contributed by atoms with Crippen molar-refractivity contribution < 1.29 is 36.7 Å². The van der Waals surface area contributed by atoms with Crippen LogP contribution in [0, 0.1) is 35.4 Å². The van der Waals surface area contributed by atoms with Crippen molar-refractivity contribution in [3.8, 4) is 5.75 Å². The maximum Gasteiger partial charge on any atom is 0.418 e. The number of imide groups is 1. The molecule has 0 radical (unpaired) electrons. The number of amides is 3. The highest BCUT2D eigenvalue weighted by Gasteiger charge is 2.70. The molecule has 15 heteroatoms. The Kier molecular flexibility index (Phi) is 7.68. The molecule has 8 nitrogen and oxygen atoms in total. The zero-order valence-corrected chi connectivity index (χ0v) is 27.4. The first-order chi connectivity index (χ1) is 23.4. The van der Waals surface area contributed by atoms with Gasteiger partial charge in [-0.05, 0) is 78.8 Å². The van der Waals surface area contributed by atoms with Gasteiger partial charge in [-0.15, -0.1) is 11.8 Å². The lowest BCUT2D eigenvalue weighted by atomic mass is 9.68. The first-order valence-electron chi connectivity index (χ1n) is 15.3. The van der Waals surface area contributed by atoms with Gasteiger partial charge in [0.25, 0.3) is 5.91 Å². The number of thioether (sulfide) groups is 1. The number of fused-ring (bicyclic) bond motifs is 9. The Morgan fingerprint density at radius 3 is 2.45 bits per heavy atom. The number of aromatic amines is 1. The number of H-pyrrole nitrogens is 1. The molecule has 8 rings (SSSR count). The number of carbonyl (C=O) groups excluding carboxylic acids is 3. The van der Waals surface area contributed by atoms with Crippen molar-refractivity contribution >= 4 is 63.8 Å². The number of aromatic nitrogens is 1. The Balaban J connectivity index is 1.15. The van der Waals surface area contributed by atoms with Crippen molar-refractivity contribution in [1.82, 2.24) is 4.98 Å². The van der Waals surface area contributed by atoms with Crippen LogP contribution in [0.2, 0.25) is 5.02 Å². The van der Waals surface area contributed by atoms with E-state index in [1.54, 1.807) is 18.2 Å². The van der Waals surface area contributed by atoms with Crippen LogP contribution in [-0.4, -0.2) is 34.6 Å². The molecule has 1 saturated heterocycles. The molecule has 3 aromatic carbocycles. The number of hydrogen-bond acceptors (Lipinski definition) is 7. The number of nitrogens with one attached hydrogen (secondary N) is 2. The number of halogens is 5. The molecule has 3 heterocycles. The average molecular weight is 730 g/mol. The summed E-state index contributed by atoms with van der Waals surface area (Å²) in [5, 5.41) is 3.37. The average Bonchev–Trinajstić information content (AvgIpc) is 3.80. The second-order valence-electron chi connectivity index (χ2n) is 12.5. The third kappa shape index (κ3) is 5.26. The summed E-state index contributed by atoms with van der Waals surface area (Å²) in [5.41, 5.74) is -0.579. The summed E-state index contributed by atoms with van der Waals surface area (Å²) in [7, 11) is 0. The molecule has 4 aromatic rings. The molecule has 2 N–H and O–H groups in total. The van der Waals surface area contributed by atoms with Crippen LogP contribution in [0.25, 0.3) is 0 Å². The molecule has 2 aliphatic carbocycles. The molecule has 2 saturated carbocycles. The summed E-state index contributed by atoms with van der Waals surface area (Å²) >= 11 is 8.95. The highest BCUT2D eigenvalue weighted by Crippen LogP contribution is 2.69.